The molecule has 3 aromatic carbocycles. The van der Waals surface area contributed by atoms with Gasteiger partial charge in [0.2, 0.25) is 0 Å². The summed E-state index contributed by atoms with van der Waals surface area (Å²) in [4.78, 5) is 19.3. The van der Waals surface area contributed by atoms with Crippen LogP contribution in [0.15, 0.2) is 60.9 Å². The monoisotopic (exact) mass is 435 g/mol. The molecule has 1 aliphatic heterocycles. The smallest absolute Gasteiger partial charge is 0.140 e. The Morgan fingerprint density at radius 3 is 2.76 bits per heavy atom. The normalized spacial score (nSPS) is 13.7. The summed E-state index contributed by atoms with van der Waals surface area (Å²) < 4.78 is 6.11. The minimum atomic E-state index is 0.615. The van der Waals surface area contributed by atoms with Crippen LogP contribution in [0.4, 0.5) is 5.82 Å². The van der Waals surface area contributed by atoms with E-state index in [1.807, 2.05) is 6.92 Å². The topological polar surface area (TPSA) is 66.9 Å². The quantitative estimate of drug-likeness (QED) is 0.409. The molecule has 0 unspecified atom stereocenters. The van der Waals surface area contributed by atoms with E-state index >= 15 is 0 Å². The van der Waals surface area contributed by atoms with E-state index in [4.69, 9.17) is 4.74 Å². The number of nitrogens with one attached hydrogen (secondary N) is 1. The summed E-state index contributed by atoms with van der Waals surface area (Å²) in [6.07, 6.45) is 2.66. The fourth-order valence-corrected chi connectivity index (χ4v) is 4.63. The van der Waals surface area contributed by atoms with Gasteiger partial charge in [-0.3, -0.25) is 0 Å². The number of aromatic nitrogens is 4. The van der Waals surface area contributed by atoms with E-state index in [9.17, 15) is 0 Å². The predicted octanol–water partition coefficient (Wildman–Crippen LogP) is 5.44. The van der Waals surface area contributed by atoms with E-state index in [0.29, 0.717) is 6.61 Å². The Balaban J connectivity index is 1.38. The molecule has 1 N–H and O–H groups in total. The van der Waals surface area contributed by atoms with Gasteiger partial charge in [-0.25, -0.2) is 15.0 Å². The molecule has 0 aliphatic carbocycles. The molecular weight excluding hydrogens is 410 g/mol. The van der Waals surface area contributed by atoms with E-state index in [2.05, 4.69) is 86.4 Å². The molecule has 0 radical (unpaired) electrons. The van der Waals surface area contributed by atoms with Crippen molar-refractivity contribution < 1.29 is 4.74 Å². The fourth-order valence-electron chi connectivity index (χ4n) is 4.63. The summed E-state index contributed by atoms with van der Waals surface area (Å²) in [5.74, 6) is 2.82. The maximum Gasteiger partial charge on any atom is 0.140 e. The Kier molecular flexibility index (Phi) is 4.72. The molecule has 0 spiro atoms. The zero-order valence-corrected chi connectivity index (χ0v) is 18.8. The second-order valence-corrected chi connectivity index (χ2v) is 8.55. The molecule has 33 heavy (non-hydrogen) atoms. The first-order valence-electron chi connectivity index (χ1n) is 11.4. The average Bonchev–Trinajstić information content (AvgIpc) is 3.09. The van der Waals surface area contributed by atoms with Crippen molar-refractivity contribution in [2.45, 2.75) is 26.8 Å². The van der Waals surface area contributed by atoms with Crippen molar-refractivity contribution in [1.82, 2.24) is 19.9 Å². The zero-order valence-electron chi connectivity index (χ0n) is 18.8. The van der Waals surface area contributed by atoms with Crippen molar-refractivity contribution >= 4 is 27.8 Å². The van der Waals surface area contributed by atoms with Gasteiger partial charge >= 0.3 is 0 Å². The first-order chi connectivity index (χ1) is 16.2. The molecule has 6 rings (SSSR count). The summed E-state index contributed by atoms with van der Waals surface area (Å²) in [5, 5.41) is 1.08. The Morgan fingerprint density at radius 2 is 1.85 bits per heavy atom. The molecule has 0 saturated heterocycles. The van der Waals surface area contributed by atoms with E-state index in [1.54, 1.807) is 6.33 Å². The maximum atomic E-state index is 6.11. The van der Waals surface area contributed by atoms with Gasteiger partial charge in [0.1, 0.15) is 30.3 Å². The number of rotatable bonds is 3. The van der Waals surface area contributed by atoms with Crippen LogP contribution in [0.1, 0.15) is 23.9 Å². The van der Waals surface area contributed by atoms with Crippen molar-refractivity contribution in [3.05, 3.63) is 77.9 Å². The molecule has 1 aliphatic rings. The number of hydrogen-bond acceptors (Lipinski definition) is 5. The largest absolute Gasteiger partial charge is 0.491 e. The molecule has 5 aromatic rings. The standard InChI is InChI=1S/C27H25N5O/c1-3-18-4-7-22-24(12-18)28-16-29-27(22)32-10-11-33-26-9-6-19(13-21(26)15-32)20-5-8-23-25(14-20)31-17(2)30-23/h4-9,12-14,16H,3,10-11,15H2,1-2H3,(H,30,31). The van der Waals surface area contributed by atoms with Gasteiger partial charge in [0.05, 0.1) is 23.1 Å². The van der Waals surface area contributed by atoms with Gasteiger partial charge in [0.15, 0.2) is 0 Å². The minimum Gasteiger partial charge on any atom is -0.491 e. The zero-order chi connectivity index (χ0) is 22.4. The molecule has 0 saturated carbocycles. The number of ether oxygens (including phenoxy) is 1. The lowest BCUT2D eigenvalue weighted by Gasteiger charge is -2.22. The third-order valence-corrected chi connectivity index (χ3v) is 6.36. The van der Waals surface area contributed by atoms with Crippen molar-refractivity contribution in [2.24, 2.45) is 0 Å². The van der Waals surface area contributed by atoms with Crippen LogP contribution in [0.5, 0.6) is 5.75 Å². The molecule has 6 heteroatoms. The van der Waals surface area contributed by atoms with Gasteiger partial charge in [-0.05, 0) is 66.4 Å². The van der Waals surface area contributed by atoms with Crippen LogP contribution in [-0.4, -0.2) is 33.1 Å². The lowest BCUT2D eigenvalue weighted by molar-refractivity contribution is 0.331. The summed E-state index contributed by atoms with van der Waals surface area (Å²) in [5.41, 5.74) is 7.78. The van der Waals surface area contributed by atoms with Crippen molar-refractivity contribution in [3.63, 3.8) is 0 Å². The van der Waals surface area contributed by atoms with E-state index in [1.165, 1.54) is 5.56 Å². The number of benzene rings is 3. The number of nitrogens with zero attached hydrogens (tertiary/aromatic N) is 4. The molecule has 0 bridgehead atoms. The summed E-state index contributed by atoms with van der Waals surface area (Å²) in [6.45, 7) is 6.26. The van der Waals surface area contributed by atoms with Gasteiger partial charge in [0.25, 0.3) is 0 Å². The number of fused-ring (bicyclic) bond motifs is 3. The molecule has 0 fully saturated rings. The molecule has 3 heterocycles. The Morgan fingerprint density at radius 1 is 0.970 bits per heavy atom. The fraction of sp³-hybridized carbons (Fsp3) is 0.222. The second kappa shape index (κ2) is 7.89. The van der Waals surface area contributed by atoms with Crippen LogP contribution in [0, 0.1) is 6.92 Å². The number of aryl methyl sites for hydroxylation is 2. The third-order valence-electron chi connectivity index (χ3n) is 6.36. The number of imidazole rings is 1. The van der Waals surface area contributed by atoms with Crippen LogP contribution in [0.25, 0.3) is 33.1 Å². The molecular formula is C27H25N5O. The highest BCUT2D eigenvalue weighted by Gasteiger charge is 2.20. The number of anilines is 1. The molecule has 2 aromatic heterocycles. The van der Waals surface area contributed by atoms with Crippen molar-refractivity contribution in [2.75, 3.05) is 18.1 Å². The van der Waals surface area contributed by atoms with Crippen LogP contribution in [0.3, 0.4) is 0 Å². The molecule has 164 valence electrons. The van der Waals surface area contributed by atoms with Crippen LogP contribution >= 0.6 is 0 Å². The second-order valence-electron chi connectivity index (χ2n) is 8.55. The van der Waals surface area contributed by atoms with Gasteiger partial charge in [-0.1, -0.05) is 25.1 Å². The predicted molar refractivity (Wildman–Crippen MR) is 132 cm³/mol. The Bertz CT molecular complexity index is 1490. The summed E-state index contributed by atoms with van der Waals surface area (Å²) in [6, 6.07) is 19.3. The van der Waals surface area contributed by atoms with Crippen LogP contribution in [0.2, 0.25) is 0 Å². The highest BCUT2D eigenvalue weighted by atomic mass is 16.5. The Labute approximate surface area is 192 Å². The van der Waals surface area contributed by atoms with Gasteiger partial charge in [0, 0.05) is 17.5 Å². The number of H-pyrrole nitrogens is 1. The summed E-state index contributed by atoms with van der Waals surface area (Å²) in [7, 11) is 0. The number of hydrogen-bond donors (Lipinski definition) is 1. The van der Waals surface area contributed by atoms with Gasteiger partial charge in [-0.2, -0.15) is 0 Å². The number of aromatic amines is 1. The lowest BCUT2D eigenvalue weighted by Crippen LogP contribution is -2.26. The first-order valence-corrected chi connectivity index (χ1v) is 11.4. The van der Waals surface area contributed by atoms with Gasteiger partial charge in [-0.15, -0.1) is 0 Å². The van der Waals surface area contributed by atoms with Gasteiger partial charge < -0.3 is 14.6 Å². The Hall–Kier alpha value is -3.93. The molecule has 0 amide bonds. The van der Waals surface area contributed by atoms with Crippen LogP contribution < -0.4 is 9.64 Å². The maximum absolute atomic E-state index is 6.11. The van der Waals surface area contributed by atoms with E-state index < -0.39 is 0 Å². The third kappa shape index (κ3) is 3.57. The van der Waals surface area contributed by atoms with Crippen molar-refractivity contribution in [1.29, 1.82) is 0 Å². The summed E-state index contributed by atoms with van der Waals surface area (Å²) >= 11 is 0. The van der Waals surface area contributed by atoms with E-state index in [-0.39, 0.29) is 0 Å². The molecule has 6 nitrogen and oxygen atoms in total. The average molecular weight is 436 g/mol. The van der Waals surface area contributed by atoms with Crippen LogP contribution in [-0.2, 0) is 13.0 Å². The highest BCUT2D eigenvalue weighted by molar-refractivity contribution is 5.90. The first kappa shape index (κ1) is 19.7. The SMILES string of the molecule is CCc1ccc2c(N3CCOc4ccc(-c5ccc6nc(C)[nH]c6c5)cc4C3)ncnc2c1. The molecule has 0 atom stereocenters. The van der Waals surface area contributed by atoms with E-state index in [0.717, 1.165) is 75.5 Å². The lowest BCUT2D eigenvalue weighted by atomic mass is 10.0. The van der Waals surface area contributed by atoms with Crippen molar-refractivity contribution in [3.8, 4) is 16.9 Å². The minimum absolute atomic E-state index is 0.615. The highest BCUT2D eigenvalue weighted by Crippen LogP contribution is 2.33.